The van der Waals surface area contributed by atoms with Gasteiger partial charge in [-0.2, -0.15) is 0 Å². The van der Waals surface area contributed by atoms with Gasteiger partial charge in [-0.05, 0) is 66.0 Å². The van der Waals surface area contributed by atoms with Gasteiger partial charge >= 0.3 is 12.1 Å². The van der Waals surface area contributed by atoms with Crippen LogP contribution in [0.3, 0.4) is 0 Å². The van der Waals surface area contributed by atoms with Gasteiger partial charge in [0.1, 0.15) is 6.10 Å². The number of carbonyl (C=O) groups is 2. The van der Waals surface area contributed by atoms with Crippen molar-refractivity contribution in [2.45, 2.75) is 89.5 Å². The van der Waals surface area contributed by atoms with Crippen LogP contribution in [0.1, 0.15) is 48.0 Å². The Morgan fingerprint density at radius 1 is 0.800 bits per heavy atom. The second kappa shape index (κ2) is 19.8. The van der Waals surface area contributed by atoms with Crippen LogP contribution in [-0.2, 0) is 33.2 Å². The molecule has 6 atom stereocenters. The molecule has 0 spiro atoms. The van der Waals surface area contributed by atoms with Crippen molar-refractivity contribution in [3.8, 4) is 0 Å². The predicted molar refractivity (Wildman–Crippen MR) is 156 cm³/mol. The maximum Gasteiger partial charge on any atom is 0.411 e. The summed E-state index contributed by atoms with van der Waals surface area (Å²) in [4.78, 5) is 24.0. The van der Waals surface area contributed by atoms with Gasteiger partial charge in [-0.3, -0.25) is 5.32 Å². The number of amides is 1. The van der Waals surface area contributed by atoms with Crippen molar-refractivity contribution >= 4 is 29.5 Å². The number of rotatable bonds is 21. The average molecular weight is 586 g/mol. The fourth-order valence-electron chi connectivity index (χ4n) is 3.25. The van der Waals surface area contributed by atoms with Gasteiger partial charge < -0.3 is 33.5 Å². The monoisotopic (exact) mass is 585 g/mol. The molecule has 1 aromatic carbocycles. The van der Waals surface area contributed by atoms with Crippen molar-refractivity contribution in [2.24, 2.45) is 0 Å². The molecule has 0 saturated carbocycles. The van der Waals surface area contributed by atoms with Gasteiger partial charge in [0.05, 0.1) is 63.6 Å². The number of thioether (sulfide) groups is 1. The number of benzene rings is 1. The largest absolute Gasteiger partial charge is 0.478 e. The fraction of sp³-hybridized carbons (Fsp3) is 0.655. The molecule has 0 fully saturated rings. The molecule has 1 rings (SSSR count). The molecule has 0 saturated heterocycles. The summed E-state index contributed by atoms with van der Waals surface area (Å²) in [7, 11) is 0. The molecule has 1 aromatic rings. The third-order valence-electron chi connectivity index (χ3n) is 5.54. The van der Waals surface area contributed by atoms with Crippen molar-refractivity contribution in [1.29, 1.82) is 0 Å². The number of ether oxygens (including phenoxy) is 6. The molecule has 0 aliphatic carbocycles. The molecular formula is C29H47NO9S. The highest BCUT2D eigenvalue weighted by Gasteiger charge is 2.16. The van der Waals surface area contributed by atoms with Gasteiger partial charge in [0.15, 0.2) is 0 Å². The minimum Gasteiger partial charge on any atom is -0.478 e. The molecule has 228 valence electrons. The van der Waals surface area contributed by atoms with E-state index in [-0.39, 0.29) is 49.1 Å². The predicted octanol–water partition coefficient (Wildman–Crippen LogP) is 5.40. The third kappa shape index (κ3) is 16.8. The Labute approximate surface area is 243 Å². The third-order valence-corrected chi connectivity index (χ3v) is 6.26. The Kier molecular flexibility index (Phi) is 17.8. The van der Waals surface area contributed by atoms with Gasteiger partial charge in [0.2, 0.25) is 0 Å². The zero-order chi connectivity index (χ0) is 30.1. The number of hydrogen-bond donors (Lipinski definition) is 2. The highest BCUT2D eigenvalue weighted by atomic mass is 32.2. The number of hydrogen-bond acceptors (Lipinski definition) is 9. The van der Waals surface area contributed by atoms with E-state index in [9.17, 15) is 9.59 Å². The Bertz CT molecular complexity index is 900. The van der Waals surface area contributed by atoms with E-state index in [1.807, 2.05) is 58.2 Å². The average Bonchev–Trinajstić information content (AvgIpc) is 2.91. The van der Waals surface area contributed by atoms with Gasteiger partial charge in [-0.25, -0.2) is 9.59 Å². The summed E-state index contributed by atoms with van der Waals surface area (Å²) in [6.45, 7) is 16.5. The van der Waals surface area contributed by atoms with E-state index < -0.39 is 18.2 Å². The van der Waals surface area contributed by atoms with Crippen LogP contribution in [0.15, 0.2) is 41.3 Å². The van der Waals surface area contributed by atoms with E-state index in [4.69, 9.17) is 33.5 Å². The minimum atomic E-state index is -1.01. The topological polar surface area (TPSA) is 122 Å². The Morgan fingerprint density at radius 3 is 1.70 bits per heavy atom. The summed E-state index contributed by atoms with van der Waals surface area (Å²) >= 11 is 1.60. The standard InChI is InChI=1S/C29H47NO9S/c1-19(28(31)32)12-20(2)34-14-21(3)35-15-22(4)36-16-23(5)37-17-24(6)38-18-25(7)39-29(33)30-26-10-9-11-27(13-26)40-8/h9-11,13,20-25H,1,12,14-18H2,2-8H3,(H,30,33)(H,31,32). The van der Waals surface area contributed by atoms with E-state index in [0.29, 0.717) is 32.1 Å². The lowest BCUT2D eigenvalue weighted by molar-refractivity contribution is -0.133. The van der Waals surface area contributed by atoms with Crippen LogP contribution in [0.25, 0.3) is 0 Å². The first-order valence-corrected chi connectivity index (χ1v) is 14.7. The van der Waals surface area contributed by atoms with Crippen LogP contribution in [0.4, 0.5) is 10.5 Å². The molecule has 0 aliphatic rings. The van der Waals surface area contributed by atoms with Crippen LogP contribution in [0, 0.1) is 0 Å². The highest BCUT2D eigenvalue weighted by molar-refractivity contribution is 7.98. The summed E-state index contributed by atoms with van der Waals surface area (Å²) in [5.41, 5.74) is 0.802. The first-order chi connectivity index (χ1) is 18.9. The van der Waals surface area contributed by atoms with Crippen LogP contribution >= 0.6 is 11.8 Å². The van der Waals surface area contributed by atoms with Gasteiger partial charge in [-0.15, -0.1) is 11.8 Å². The second-order valence-corrected chi connectivity index (χ2v) is 10.8. The van der Waals surface area contributed by atoms with Crippen molar-refractivity contribution in [3.05, 3.63) is 36.4 Å². The Hall–Kier alpha value is -2.15. The lowest BCUT2D eigenvalue weighted by atomic mass is 10.1. The van der Waals surface area contributed by atoms with E-state index in [0.717, 1.165) is 4.90 Å². The maximum atomic E-state index is 12.1. The van der Waals surface area contributed by atoms with Gasteiger partial charge in [0.25, 0.3) is 0 Å². The summed E-state index contributed by atoms with van der Waals surface area (Å²) in [6, 6.07) is 7.54. The first kappa shape index (κ1) is 35.9. The summed E-state index contributed by atoms with van der Waals surface area (Å²) in [6.07, 6.45) is 0.397. The quantitative estimate of drug-likeness (QED) is 0.143. The molecule has 2 N–H and O–H groups in total. The molecular weight excluding hydrogens is 538 g/mol. The zero-order valence-corrected chi connectivity index (χ0v) is 25.7. The molecule has 6 unspecified atom stereocenters. The van der Waals surface area contributed by atoms with Crippen molar-refractivity contribution in [3.63, 3.8) is 0 Å². The smallest absolute Gasteiger partial charge is 0.411 e. The van der Waals surface area contributed by atoms with Crippen molar-refractivity contribution in [2.75, 3.05) is 44.6 Å². The molecule has 0 bridgehead atoms. The molecule has 0 aliphatic heterocycles. The van der Waals surface area contributed by atoms with Crippen molar-refractivity contribution in [1.82, 2.24) is 0 Å². The van der Waals surface area contributed by atoms with Gasteiger partial charge in [-0.1, -0.05) is 12.6 Å². The Morgan fingerprint density at radius 2 is 1.25 bits per heavy atom. The van der Waals surface area contributed by atoms with Crippen LogP contribution < -0.4 is 5.32 Å². The van der Waals surface area contributed by atoms with Crippen LogP contribution in [-0.4, -0.2) is 93.1 Å². The molecule has 0 aromatic heterocycles. The minimum absolute atomic E-state index is 0.123. The number of anilines is 1. The number of carbonyl (C=O) groups excluding carboxylic acids is 1. The van der Waals surface area contributed by atoms with Crippen molar-refractivity contribution < 1.29 is 43.1 Å². The maximum absolute atomic E-state index is 12.1. The van der Waals surface area contributed by atoms with E-state index in [1.54, 1.807) is 25.6 Å². The SMILES string of the molecule is C=C(CC(C)OCC(C)OCC(C)OCC(C)OCC(C)OCC(C)OC(=O)Nc1cccc(SC)c1)C(=O)O. The van der Waals surface area contributed by atoms with Gasteiger partial charge in [0, 0.05) is 22.6 Å². The fourth-order valence-corrected chi connectivity index (χ4v) is 3.71. The lowest BCUT2D eigenvalue weighted by Crippen LogP contribution is -2.30. The molecule has 40 heavy (non-hydrogen) atoms. The normalized spacial score (nSPS) is 15.9. The first-order valence-electron chi connectivity index (χ1n) is 13.5. The highest BCUT2D eigenvalue weighted by Crippen LogP contribution is 2.19. The zero-order valence-electron chi connectivity index (χ0n) is 24.8. The summed E-state index contributed by atoms with van der Waals surface area (Å²) in [5, 5.41) is 11.6. The number of carboxylic acids is 1. The van der Waals surface area contributed by atoms with E-state index in [1.165, 1.54) is 0 Å². The molecule has 0 heterocycles. The Balaban J connectivity index is 2.15. The van der Waals surface area contributed by atoms with Crippen LogP contribution in [0.2, 0.25) is 0 Å². The number of carboxylic acid groups (broad SMARTS) is 1. The molecule has 10 nitrogen and oxygen atoms in total. The lowest BCUT2D eigenvalue weighted by Gasteiger charge is -2.22. The number of nitrogens with one attached hydrogen (secondary N) is 1. The summed E-state index contributed by atoms with van der Waals surface area (Å²) in [5.74, 6) is -1.01. The van der Waals surface area contributed by atoms with Crippen LogP contribution in [0.5, 0.6) is 0 Å². The second-order valence-electron chi connectivity index (χ2n) is 9.91. The van der Waals surface area contributed by atoms with E-state index in [2.05, 4.69) is 11.9 Å². The molecule has 1 amide bonds. The number of aliphatic carboxylic acids is 1. The van der Waals surface area contributed by atoms with E-state index >= 15 is 0 Å². The molecule has 0 radical (unpaired) electrons. The molecule has 11 heteroatoms. The summed E-state index contributed by atoms with van der Waals surface area (Å²) < 4.78 is 34.2.